The lowest BCUT2D eigenvalue weighted by molar-refractivity contribution is -0.136. The molecule has 2 fully saturated rings. The molecule has 1 atom stereocenters. The highest BCUT2D eigenvalue weighted by Gasteiger charge is 2.38. The van der Waals surface area contributed by atoms with Gasteiger partial charge >= 0.3 is 0 Å². The summed E-state index contributed by atoms with van der Waals surface area (Å²) in [5.41, 5.74) is 3.08. The molecule has 0 spiro atoms. The maximum Gasteiger partial charge on any atom is 0.228 e. The van der Waals surface area contributed by atoms with Crippen LogP contribution in [0.4, 0.5) is 5.82 Å². The first kappa shape index (κ1) is 20.2. The molecule has 0 bridgehead atoms. The summed E-state index contributed by atoms with van der Waals surface area (Å²) in [6.45, 7) is 3.31. The summed E-state index contributed by atoms with van der Waals surface area (Å²) in [5, 5.41) is 0. The molecule has 31 heavy (non-hydrogen) atoms. The first-order chi connectivity index (χ1) is 15.1. The Hall–Kier alpha value is -2.76. The van der Waals surface area contributed by atoms with Crippen molar-refractivity contribution in [3.8, 4) is 0 Å². The Labute approximate surface area is 183 Å². The largest absolute Gasteiger partial charge is 0.332 e. The molecule has 1 aromatic heterocycles. The number of aromatic nitrogens is 2. The van der Waals surface area contributed by atoms with Gasteiger partial charge in [-0.05, 0) is 44.6 Å². The maximum absolute atomic E-state index is 13.2. The minimum atomic E-state index is -0.0762. The normalized spacial score (nSPS) is 21.6. The van der Waals surface area contributed by atoms with Crippen molar-refractivity contribution >= 4 is 17.6 Å². The predicted molar refractivity (Wildman–Crippen MR) is 118 cm³/mol. The van der Waals surface area contributed by atoms with Crippen molar-refractivity contribution in [2.24, 2.45) is 5.92 Å². The van der Waals surface area contributed by atoms with Crippen LogP contribution in [0.15, 0.2) is 30.3 Å². The molecule has 2 amide bonds. The third-order valence-corrected chi connectivity index (χ3v) is 7.08. The molecule has 2 aromatic rings. The highest BCUT2D eigenvalue weighted by molar-refractivity contribution is 5.95. The van der Waals surface area contributed by atoms with Crippen LogP contribution < -0.4 is 4.90 Å². The van der Waals surface area contributed by atoms with Gasteiger partial charge in [-0.15, -0.1) is 0 Å². The van der Waals surface area contributed by atoms with Crippen LogP contribution in [0.2, 0.25) is 0 Å². The summed E-state index contributed by atoms with van der Waals surface area (Å²) in [5.74, 6) is 1.98. The third kappa shape index (κ3) is 3.84. The Morgan fingerprint density at radius 2 is 1.81 bits per heavy atom. The standard InChI is InChI=1S/C25H30N4O2/c1-17-20-13-14-22(30)29(16-18-8-3-2-4-9-18)24(20)27-23(26-17)21-12-7-15-28(21)25(31)19-10-5-6-11-19/h2-4,8-9,19,21H,5-7,10-16H2,1H3/t21-/m0/s1. The minimum Gasteiger partial charge on any atom is -0.332 e. The van der Waals surface area contributed by atoms with Gasteiger partial charge in [0.25, 0.3) is 0 Å². The van der Waals surface area contributed by atoms with Crippen LogP contribution >= 0.6 is 0 Å². The number of hydrogen-bond donors (Lipinski definition) is 0. The topological polar surface area (TPSA) is 66.4 Å². The Balaban J connectivity index is 1.47. The minimum absolute atomic E-state index is 0.0762. The van der Waals surface area contributed by atoms with Crippen molar-refractivity contribution in [3.63, 3.8) is 0 Å². The van der Waals surface area contributed by atoms with Crippen LogP contribution in [-0.2, 0) is 22.6 Å². The van der Waals surface area contributed by atoms with Crippen LogP contribution in [0, 0.1) is 12.8 Å². The lowest BCUT2D eigenvalue weighted by atomic mass is 10.0. The number of carbonyl (C=O) groups excluding carboxylic acids is 2. The van der Waals surface area contributed by atoms with E-state index in [0.717, 1.165) is 67.7 Å². The van der Waals surface area contributed by atoms with E-state index in [9.17, 15) is 9.59 Å². The van der Waals surface area contributed by atoms with E-state index in [0.29, 0.717) is 25.2 Å². The van der Waals surface area contributed by atoms with Crippen molar-refractivity contribution in [1.82, 2.24) is 14.9 Å². The number of likely N-dealkylation sites (tertiary alicyclic amines) is 1. The van der Waals surface area contributed by atoms with Crippen molar-refractivity contribution < 1.29 is 9.59 Å². The molecule has 162 valence electrons. The number of anilines is 1. The van der Waals surface area contributed by atoms with Crippen molar-refractivity contribution in [3.05, 3.63) is 53.0 Å². The van der Waals surface area contributed by atoms with Gasteiger partial charge in [-0.3, -0.25) is 14.5 Å². The first-order valence-electron chi connectivity index (χ1n) is 11.6. The Morgan fingerprint density at radius 3 is 2.58 bits per heavy atom. The average molecular weight is 419 g/mol. The number of hydrogen-bond acceptors (Lipinski definition) is 4. The van der Waals surface area contributed by atoms with E-state index >= 15 is 0 Å². The smallest absolute Gasteiger partial charge is 0.228 e. The third-order valence-electron chi connectivity index (χ3n) is 7.08. The molecule has 1 aliphatic carbocycles. The Bertz CT molecular complexity index is 985. The number of rotatable bonds is 4. The molecular weight excluding hydrogens is 388 g/mol. The summed E-state index contributed by atoms with van der Waals surface area (Å²) < 4.78 is 0. The zero-order valence-electron chi connectivity index (χ0n) is 18.2. The van der Waals surface area contributed by atoms with Crippen LogP contribution in [0.5, 0.6) is 0 Å². The van der Waals surface area contributed by atoms with E-state index in [2.05, 4.69) is 0 Å². The fourth-order valence-electron chi connectivity index (χ4n) is 5.39. The molecule has 2 aliphatic heterocycles. The van der Waals surface area contributed by atoms with Crippen molar-refractivity contribution in [2.45, 2.75) is 70.9 Å². The maximum atomic E-state index is 13.2. The van der Waals surface area contributed by atoms with E-state index in [1.807, 2.05) is 47.1 Å². The highest BCUT2D eigenvalue weighted by atomic mass is 16.2. The van der Waals surface area contributed by atoms with Gasteiger partial charge in [0.1, 0.15) is 5.82 Å². The lowest BCUT2D eigenvalue weighted by Gasteiger charge is -2.31. The molecule has 3 aliphatic rings. The van der Waals surface area contributed by atoms with Gasteiger partial charge < -0.3 is 4.90 Å². The van der Waals surface area contributed by atoms with Gasteiger partial charge in [-0.1, -0.05) is 43.2 Å². The van der Waals surface area contributed by atoms with Gasteiger partial charge in [0.15, 0.2) is 5.82 Å². The molecule has 1 saturated carbocycles. The first-order valence-corrected chi connectivity index (χ1v) is 11.6. The molecule has 1 saturated heterocycles. The van der Waals surface area contributed by atoms with Crippen LogP contribution in [0.25, 0.3) is 0 Å². The second kappa shape index (κ2) is 8.40. The molecule has 0 radical (unpaired) electrons. The molecule has 0 N–H and O–H groups in total. The second-order valence-electron chi connectivity index (χ2n) is 9.11. The second-order valence-corrected chi connectivity index (χ2v) is 9.11. The zero-order valence-corrected chi connectivity index (χ0v) is 18.2. The van der Waals surface area contributed by atoms with E-state index in [4.69, 9.17) is 9.97 Å². The van der Waals surface area contributed by atoms with Crippen LogP contribution in [0.1, 0.15) is 73.6 Å². The van der Waals surface area contributed by atoms with Crippen LogP contribution in [-0.4, -0.2) is 33.2 Å². The number of amides is 2. The number of benzene rings is 1. The average Bonchev–Trinajstić information content (AvgIpc) is 3.48. The van der Waals surface area contributed by atoms with Gasteiger partial charge in [-0.2, -0.15) is 0 Å². The van der Waals surface area contributed by atoms with E-state index in [1.165, 1.54) is 0 Å². The summed E-state index contributed by atoms with van der Waals surface area (Å²) in [6, 6.07) is 9.97. The van der Waals surface area contributed by atoms with E-state index in [1.54, 1.807) is 0 Å². The number of fused-ring (bicyclic) bond motifs is 1. The monoisotopic (exact) mass is 418 g/mol. The zero-order chi connectivity index (χ0) is 21.4. The Kier molecular flexibility index (Phi) is 5.47. The summed E-state index contributed by atoms with van der Waals surface area (Å²) in [6.07, 6.45) is 7.36. The van der Waals surface area contributed by atoms with Gasteiger partial charge in [0.05, 0.1) is 12.6 Å². The summed E-state index contributed by atoms with van der Waals surface area (Å²) >= 11 is 0. The summed E-state index contributed by atoms with van der Waals surface area (Å²) in [4.78, 5) is 39.6. The molecule has 3 heterocycles. The van der Waals surface area contributed by atoms with E-state index < -0.39 is 0 Å². The van der Waals surface area contributed by atoms with Gasteiger partial charge in [-0.25, -0.2) is 9.97 Å². The molecule has 1 aromatic carbocycles. The number of aryl methyl sites for hydroxylation is 1. The van der Waals surface area contributed by atoms with E-state index in [-0.39, 0.29) is 23.8 Å². The molecular formula is C25H30N4O2. The highest BCUT2D eigenvalue weighted by Crippen LogP contribution is 2.37. The fraction of sp³-hybridized carbons (Fsp3) is 0.520. The lowest BCUT2D eigenvalue weighted by Crippen LogP contribution is -2.38. The molecule has 5 rings (SSSR count). The predicted octanol–water partition coefficient (Wildman–Crippen LogP) is 4.12. The number of nitrogens with zero attached hydrogens (tertiary/aromatic N) is 4. The van der Waals surface area contributed by atoms with Crippen molar-refractivity contribution in [2.75, 3.05) is 11.4 Å². The SMILES string of the molecule is Cc1nc([C@@H]2CCCN2C(=O)C2CCCC2)nc2c1CCC(=O)N2Cc1ccccc1. The molecule has 6 nitrogen and oxygen atoms in total. The van der Waals surface area contributed by atoms with Crippen LogP contribution in [0.3, 0.4) is 0 Å². The molecule has 0 unspecified atom stereocenters. The summed E-state index contributed by atoms with van der Waals surface area (Å²) in [7, 11) is 0. The van der Waals surface area contributed by atoms with Gasteiger partial charge in [0, 0.05) is 30.1 Å². The quantitative estimate of drug-likeness (QED) is 0.749. The number of carbonyl (C=O) groups is 2. The molecule has 6 heteroatoms. The van der Waals surface area contributed by atoms with Crippen molar-refractivity contribution in [1.29, 1.82) is 0 Å². The Morgan fingerprint density at radius 1 is 1.03 bits per heavy atom. The fourth-order valence-corrected chi connectivity index (χ4v) is 5.39. The van der Waals surface area contributed by atoms with Gasteiger partial charge in [0.2, 0.25) is 11.8 Å².